The minimum atomic E-state index is 0.578. The summed E-state index contributed by atoms with van der Waals surface area (Å²) in [5.74, 6) is 1.79. The number of fused-ring (bicyclic) bond motifs is 1. The van der Waals surface area contributed by atoms with Gasteiger partial charge in [0.15, 0.2) is 0 Å². The molecule has 0 fully saturated rings. The third-order valence-electron chi connectivity index (χ3n) is 3.87. The third kappa shape index (κ3) is 4.27. The molecule has 0 spiro atoms. The lowest BCUT2D eigenvalue weighted by atomic mass is 9.87. The van der Waals surface area contributed by atoms with Crippen LogP contribution in [0.2, 0.25) is 0 Å². The average Bonchev–Trinajstić information content (AvgIpc) is 2.42. The van der Waals surface area contributed by atoms with E-state index in [9.17, 15) is 0 Å². The van der Waals surface area contributed by atoms with Crippen LogP contribution in [0.4, 0.5) is 0 Å². The summed E-state index contributed by atoms with van der Waals surface area (Å²) in [5.41, 5.74) is 2.68. The second-order valence-corrected chi connectivity index (χ2v) is 6.03. The summed E-state index contributed by atoms with van der Waals surface area (Å²) in [4.78, 5) is 9.28. The van der Waals surface area contributed by atoms with Crippen LogP contribution in [0.5, 0.6) is 0 Å². The largest absolute Gasteiger partial charge is 0.314 e. The number of nitrogens with zero attached hydrogens (tertiary/aromatic N) is 2. The van der Waals surface area contributed by atoms with Gasteiger partial charge in [0.25, 0.3) is 0 Å². The van der Waals surface area contributed by atoms with Gasteiger partial charge in [0.05, 0.1) is 0 Å². The van der Waals surface area contributed by atoms with Crippen LogP contribution >= 0.6 is 0 Å². The summed E-state index contributed by atoms with van der Waals surface area (Å²) >= 11 is 0. The van der Waals surface area contributed by atoms with Crippen molar-refractivity contribution in [2.75, 3.05) is 6.54 Å². The van der Waals surface area contributed by atoms with Gasteiger partial charge in [0.1, 0.15) is 5.82 Å². The number of aromatic nitrogens is 2. The van der Waals surface area contributed by atoms with E-state index in [1.807, 2.05) is 0 Å². The van der Waals surface area contributed by atoms with Crippen LogP contribution in [0.1, 0.15) is 57.1 Å². The molecule has 1 aliphatic rings. The van der Waals surface area contributed by atoms with E-state index in [4.69, 9.17) is 4.98 Å². The van der Waals surface area contributed by atoms with Gasteiger partial charge < -0.3 is 5.32 Å². The highest BCUT2D eigenvalue weighted by atomic mass is 14.9. The Labute approximate surface area is 117 Å². The topological polar surface area (TPSA) is 37.8 Å². The maximum atomic E-state index is 4.75. The Morgan fingerprint density at radius 1 is 1.42 bits per heavy atom. The lowest BCUT2D eigenvalue weighted by Gasteiger charge is -2.25. The minimum Gasteiger partial charge on any atom is -0.314 e. The fourth-order valence-corrected chi connectivity index (χ4v) is 2.66. The molecule has 0 bridgehead atoms. The van der Waals surface area contributed by atoms with Crippen LogP contribution in [0.15, 0.2) is 6.20 Å². The molecule has 0 amide bonds. The van der Waals surface area contributed by atoms with E-state index >= 15 is 0 Å². The first kappa shape index (κ1) is 14.4. The molecular weight excluding hydrogens is 234 g/mol. The molecule has 0 aliphatic heterocycles. The normalized spacial score (nSPS) is 18.6. The van der Waals surface area contributed by atoms with Crippen molar-refractivity contribution < 1.29 is 0 Å². The van der Waals surface area contributed by atoms with Gasteiger partial charge in [-0.3, -0.25) is 0 Å². The maximum absolute atomic E-state index is 4.75. The predicted molar refractivity (Wildman–Crippen MR) is 79.3 cm³/mol. The number of aryl methyl sites for hydroxylation is 2. The van der Waals surface area contributed by atoms with Gasteiger partial charge in [-0.25, -0.2) is 9.97 Å². The van der Waals surface area contributed by atoms with Crippen molar-refractivity contribution in [3.63, 3.8) is 0 Å². The van der Waals surface area contributed by atoms with Gasteiger partial charge in [-0.05, 0) is 43.7 Å². The Kier molecular flexibility index (Phi) is 5.32. The van der Waals surface area contributed by atoms with Gasteiger partial charge in [0.2, 0.25) is 0 Å². The van der Waals surface area contributed by atoms with Crippen LogP contribution in [0.3, 0.4) is 0 Å². The number of nitrogens with one attached hydrogen (secondary N) is 1. The van der Waals surface area contributed by atoms with Crippen LogP contribution in [0.25, 0.3) is 0 Å². The highest BCUT2D eigenvalue weighted by molar-refractivity contribution is 5.21. The van der Waals surface area contributed by atoms with Gasteiger partial charge in [-0.2, -0.15) is 0 Å². The quantitative estimate of drug-likeness (QED) is 0.855. The summed E-state index contributed by atoms with van der Waals surface area (Å²) in [5, 5.41) is 3.54. The number of hydrogen-bond donors (Lipinski definition) is 1. The molecule has 0 saturated heterocycles. The molecule has 1 N–H and O–H groups in total. The molecule has 0 aromatic carbocycles. The first-order chi connectivity index (χ1) is 9.19. The predicted octanol–water partition coefficient (Wildman–Crippen LogP) is 2.92. The molecule has 0 saturated carbocycles. The van der Waals surface area contributed by atoms with Crippen molar-refractivity contribution in [1.29, 1.82) is 0 Å². The van der Waals surface area contributed by atoms with Gasteiger partial charge in [-0.1, -0.05) is 27.2 Å². The molecule has 1 aromatic heterocycles. The zero-order chi connectivity index (χ0) is 13.7. The molecule has 2 rings (SSSR count). The van der Waals surface area contributed by atoms with E-state index in [0.29, 0.717) is 6.04 Å². The van der Waals surface area contributed by atoms with Crippen molar-refractivity contribution in [2.45, 2.75) is 65.3 Å². The molecule has 1 atom stereocenters. The fraction of sp³-hybridized carbons (Fsp3) is 0.750. The molecule has 3 heteroatoms. The molecule has 3 nitrogen and oxygen atoms in total. The Morgan fingerprint density at radius 2 is 2.26 bits per heavy atom. The lowest BCUT2D eigenvalue weighted by Crippen LogP contribution is -2.32. The van der Waals surface area contributed by atoms with Gasteiger partial charge in [-0.15, -0.1) is 0 Å². The smallest absolute Gasteiger partial charge is 0.128 e. The second kappa shape index (κ2) is 6.99. The second-order valence-electron chi connectivity index (χ2n) is 6.03. The van der Waals surface area contributed by atoms with Crippen LogP contribution in [-0.2, 0) is 19.3 Å². The molecule has 0 radical (unpaired) electrons. The Morgan fingerprint density at radius 3 is 3.00 bits per heavy atom. The van der Waals surface area contributed by atoms with Crippen molar-refractivity contribution in [3.8, 4) is 0 Å². The number of rotatable bonds is 6. The summed E-state index contributed by atoms with van der Waals surface area (Å²) in [6.07, 6.45) is 9.04. The first-order valence-corrected chi connectivity index (χ1v) is 7.76. The van der Waals surface area contributed by atoms with Crippen molar-refractivity contribution in [2.24, 2.45) is 5.92 Å². The van der Waals surface area contributed by atoms with E-state index in [1.54, 1.807) is 0 Å². The summed E-state index contributed by atoms with van der Waals surface area (Å²) < 4.78 is 0. The molecule has 1 unspecified atom stereocenters. The first-order valence-electron chi connectivity index (χ1n) is 7.76. The molecule has 1 aromatic rings. The summed E-state index contributed by atoms with van der Waals surface area (Å²) in [6, 6.07) is 0.578. The SMILES string of the molecule is CCCCc1ncc2c(n1)CCC(CNC(C)C)C2. The number of hydrogen-bond acceptors (Lipinski definition) is 3. The van der Waals surface area contributed by atoms with Crippen molar-refractivity contribution >= 4 is 0 Å². The zero-order valence-corrected chi connectivity index (χ0v) is 12.6. The molecule has 1 aliphatic carbocycles. The minimum absolute atomic E-state index is 0.578. The van der Waals surface area contributed by atoms with E-state index in [1.165, 1.54) is 30.5 Å². The number of unbranched alkanes of at least 4 members (excludes halogenated alkanes) is 1. The summed E-state index contributed by atoms with van der Waals surface area (Å²) in [7, 11) is 0. The summed E-state index contributed by atoms with van der Waals surface area (Å²) in [6.45, 7) is 7.75. The van der Waals surface area contributed by atoms with E-state index in [0.717, 1.165) is 37.5 Å². The Balaban J connectivity index is 1.94. The van der Waals surface area contributed by atoms with Gasteiger partial charge in [0, 0.05) is 24.4 Å². The van der Waals surface area contributed by atoms with E-state index in [2.05, 4.69) is 37.3 Å². The lowest BCUT2D eigenvalue weighted by molar-refractivity contribution is 0.402. The maximum Gasteiger partial charge on any atom is 0.128 e. The van der Waals surface area contributed by atoms with E-state index in [-0.39, 0.29) is 0 Å². The van der Waals surface area contributed by atoms with Crippen LogP contribution in [0, 0.1) is 5.92 Å². The van der Waals surface area contributed by atoms with Crippen LogP contribution in [-0.4, -0.2) is 22.6 Å². The third-order valence-corrected chi connectivity index (χ3v) is 3.87. The average molecular weight is 261 g/mol. The Hall–Kier alpha value is -0.960. The van der Waals surface area contributed by atoms with Crippen LogP contribution < -0.4 is 5.32 Å². The molecule has 1 heterocycles. The molecule has 19 heavy (non-hydrogen) atoms. The molecule has 106 valence electrons. The van der Waals surface area contributed by atoms with Crippen molar-refractivity contribution in [3.05, 3.63) is 23.3 Å². The van der Waals surface area contributed by atoms with Crippen molar-refractivity contribution in [1.82, 2.24) is 15.3 Å². The zero-order valence-electron chi connectivity index (χ0n) is 12.6. The monoisotopic (exact) mass is 261 g/mol. The van der Waals surface area contributed by atoms with E-state index < -0.39 is 0 Å². The van der Waals surface area contributed by atoms with Gasteiger partial charge >= 0.3 is 0 Å². The fourth-order valence-electron chi connectivity index (χ4n) is 2.66. The molecular formula is C16H27N3. The highest BCUT2D eigenvalue weighted by Crippen LogP contribution is 2.23. The Bertz CT molecular complexity index is 401. The standard InChI is InChI=1S/C16H27N3/c1-4-5-6-16-18-11-14-9-13(10-17-12(2)3)7-8-15(14)19-16/h11-13,17H,4-10H2,1-3H3. The highest BCUT2D eigenvalue weighted by Gasteiger charge is 2.20.